The Morgan fingerprint density at radius 1 is 1.12 bits per heavy atom. The van der Waals surface area contributed by atoms with Gasteiger partial charge in [-0.3, -0.25) is 4.98 Å². The minimum Gasteiger partial charge on any atom is -0.366 e. The fourth-order valence-corrected chi connectivity index (χ4v) is 2.93. The number of hydrogen-bond acceptors (Lipinski definition) is 4. The molecule has 0 spiro atoms. The normalized spacial score (nSPS) is 11.0. The van der Waals surface area contributed by atoms with Crippen molar-refractivity contribution in [2.75, 3.05) is 5.32 Å². The summed E-state index contributed by atoms with van der Waals surface area (Å²) in [6, 6.07) is 13.6. The van der Waals surface area contributed by atoms with Crippen LogP contribution < -0.4 is 5.32 Å². The predicted molar refractivity (Wildman–Crippen MR) is 99.7 cm³/mol. The van der Waals surface area contributed by atoms with Crippen LogP contribution in [0.1, 0.15) is 11.1 Å². The molecule has 0 unspecified atom stereocenters. The van der Waals surface area contributed by atoms with Crippen LogP contribution in [-0.2, 0) is 6.54 Å². The number of aryl methyl sites for hydroxylation is 1. The number of nitrogens with one attached hydrogen (secondary N) is 1. The summed E-state index contributed by atoms with van der Waals surface area (Å²) in [6.45, 7) is 2.64. The van der Waals surface area contributed by atoms with Gasteiger partial charge in [0.2, 0.25) is 0 Å². The van der Waals surface area contributed by atoms with Gasteiger partial charge in [0.25, 0.3) is 0 Å². The van der Waals surface area contributed by atoms with Gasteiger partial charge in [-0.25, -0.2) is 4.98 Å². The highest BCUT2D eigenvalue weighted by Gasteiger charge is 2.12. The summed E-state index contributed by atoms with van der Waals surface area (Å²) in [6.07, 6.45) is 5.42. The molecule has 0 radical (unpaired) electrons. The molecule has 0 saturated heterocycles. The van der Waals surface area contributed by atoms with Gasteiger partial charge >= 0.3 is 0 Å². The number of fused-ring (bicyclic) bond motifs is 1. The van der Waals surface area contributed by atoms with Gasteiger partial charge in [0, 0.05) is 41.2 Å². The van der Waals surface area contributed by atoms with Crippen molar-refractivity contribution in [3.8, 4) is 11.3 Å². The molecule has 0 amide bonds. The first-order valence-corrected chi connectivity index (χ1v) is 8.33. The molecule has 3 aromatic heterocycles. The lowest BCUT2D eigenvalue weighted by atomic mass is 10.1. The van der Waals surface area contributed by atoms with Crippen molar-refractivity contribution < 1.29 is 0 Å². The lowest BCUT2D eigenvalue weighted by Gasteiger charge is -2.11. The van der Waals surface area contributed by atoms with Crippen LogP contribution in [0.3, 0.4) is 0 Å². The summed E-state index contributed by atoms with van der Waals surface area (Å²) >= 11 is 6.36. The largest absolute Gasteiger partial charge is 0.366 e. The quantitative estimate of drug-likeness (QED) is 0.594. The molecule has 25 heavy (non-hydrogen) atoms. The van der Waals surface area contributed by atoms with Crippen LogP contribution in [0.2, 0.25) is 5.02 Å². The number of rotatable bonds is 4. The van der Waals surface area contributed by atoms with Gasteiger partial charge in [-0.05, 0) is 24.6 Å². The molecule has 3 heterocycles. The fraction of sp³-hybridized carbons (Fsp3) is 0.105. The summed E-state index contributed by atoms with van der Waals surface area (Å²) in [4.78, 5) is 8.89. The van der Waals surface area contributed by atoms with Crippen LogP contribution >= 0.6 is 11.6 Å². The molecule has 0 atom stereocenters. The van der Waals surface area contributed by atoms with Crippen molar-refractivity contribution in [1.29, 1.82) is 0 Å². The van der Waals surface area contributed by atoms with Gasteiger partial charge in [0.15, 0.2) is 5.65 Å². The van der Waals surface area contributed by atoms with Crippen LogP contribution in [-0.4, -0.2) is 19.6 Å². The Morgan fingerprint density at radius 2 is 2.00 bits per heavy atom. The summed E-state index contributed by atoms with van der Waals surface area (Å²) in [5.41, 5.74) is 4.63. The zero-order valence-electron chi connectivity index (χ0n) is 13.6. The third-order valence-corrected chi connectivity index (χ3v) is 4.32. The van der Waals surface area contributed by atoms with E-state index in [4.69, 9.17) is 16.6 Å². The number of halogens is 1. The molecule has 0 fully saturated rings. The van der Waals surface area contributed by atoms with Crippen molar-refractivity contribution in [2.24, 2.45) is 0 Å². The average molecular weight is 350 g/mol. The van der Waals surface area contributed by atoms with Gasteiger partial charge < -0.3 is 5.32 Å². The first kappa shape index (κ1) is 15.6. The molecule has 4 rings (SSSR count). The molecule has 1 N–H and O–H groups in total. The van der Waals surface area contributed by atoms with Crippen molar-refractivity contribution in [2.45, 2.75) is 13.5 Å². The van der Waals surface area contributed by atoms with Crippen molar-refractivity contribution >= 4 is 23.1 Å². The van der Waals surface area contributed by atoms with E-state index < -0.39 is 0 Å². The summed E-state index contributed by atoms with van der Waals surface area (Å²) in [5.74, 6) is 0.858. The molecule has 124 valence electrons. The number of anilines is 1. The van der Waals surface area contributed by atoms with Crippen LogP contribution in [0.25, 0.3) is 16.9 Å². The minimum absolute atomic E-state index is 0.647. The van der Waals surface area contributed by atoms with Gasteiger partial charge in [0.1, 0.15) is 5.82 Å². The Hall–Kier alpha value is -2.92. The highest BCUT2D eigenvalue weighted by atomic mass is 35.5. The first-order chi connectivity index (χ1) is 12.2. The lowest BCUT2D eigenvalue weighted by Crippen LogP contribution is -2.07. The number of benzene rings is 1. The molecular formula is C19H16ClN5. The second kappa shape index (κ2) is 6.53. The van der Waals surface area contributed by atoms with E-state index in [2.05, 4.69) is 15.4 Å². The topological polar surface area (TPSA) is 55.1 Å². The SMILES string of the molecule is Cc1cnn2c(NCc3cccnc3)cc(-c3ccccc3Cl)nc12. The molecule has 0 aliphatic heterocycles. The van der Waals surface area contributed by atoms with E-state index in [0.29, 0.717) is 11.6 Å². The monoisotopic (exact) mass is 349 g/mol. The van der Waals surface area contributed by atoms with Gasteiger partial charge in [-0.2, -0.15) is 9.61 Å². The second-order valence-electron chi connectivity index (χ2n) is 5.78. The zero-order valence-corrected chi connectivity index (χ0v) is 14.4. The van der Waals surface area contributed by atoms with Crippen LogP contribution in [0, 0.1) is 6.92 Å². The van der Waals surface area contributed by atoms with E-state index in [-0.39, 0.29) is 0 Å². The Morgan fingerprint density at radius 3 is 2.80 bits per heavy atom. The van der Waals surface area contributed by atoms with Crippen LogP contribution in [0.5, 0.6) is 0 Å². The predicted octanol–water partition coefficient (Wildman–Crippen LogP) is 4.37. The molecule has 4 aromatic rings. The third kappa shape index (κ3) is 3.06. The summed E-state index contributed by atoms with van der Waals surface area (Å²) in [7, 11) is 0. The number of aromatic nitrogens is 4. The zero-order chi connectivity index (χ0) is 17.2. The first-order valence-electron chi connectivity index (χ1n) is 7.95. The number of nitrogens with zero attached hydrogens (tertiary/aromatic N) is 4. The van der Waals surface area contributed by atoms with Crippen molar-refractivity contribution in [1.82, 2.24) is 19.6 Å². The van der Waals surface area contributed by atoms with Crippen LogP contribution in [0.4, 0.5) is 5.82 Å². The molecule has 0 aliphatic rings. The molecule has 6 heteroatoms. The third-order valence-electron chi connectivity index (χ3n) is 3.99. The maximum absolute atomic E-state index is 6.36. The summed E-state index contributed by atoms with van der Waals surface area (Å²) in [5, 5.41) is 8.53. The minimum atomic E-state index is 0.647. The average Bonchev–Trinajstić information content (AvgIpc) is 3.02. The Bertz CT molecular complexity index is 1030. The lowest BCUT2D eigenvalue weighted by molar-refractivity contribution is 0.925. The highest BCUT2D eigenvalue weighted by molar-refractivity contribution is 6.33. The molecule has 1 aromatic carbocycles. The van der Waals surface area contributed by atoms with E-state index >= 15 is 0 Å². The van der Waals surface area contributed by atoms with E-state index in [1.807, 2.05) is 66.3 Å². The Balaban J connectivity index is 1.78. The molecule has 0 bridgehead atoms. The van der Waals surface area contributed by atoms with Crippen LogP contribution in [0.15, 0.2) is 61.1 Å². The fourth-order valence-electron chi connectivity index (χ4n) is 2.70. The van der Waals surface area contributed by atoms with E-state index in [1.165, 1.54) is 0 Å². The molecular weight excluding hydrogens is 334 g/mol. The molecule has 0 aliphatic carbocycles. The molecule has 5 nitrogen and oxygen atoms in total. The maximum Gasteiger partial charge on any atom is 0.160 e. The highest BCUT2D eigenvalue weighted by Crippen LogP contribution is 2.29. The van der Waals surface area contributed by atoms with E-state index in [9.17, 15) is 0 Å². The van der Waals surface area contributed by atoms with Gasteiger partial charge in [-0.1, -0.05) is 35.9 Å². The summed E-state index contributed by atoms with van der Waals surface area (Å²) < 4.78 is 1.81. The Kier molecular flexibility index (Phi) is 4.07. The van der Waals surface area contributed by atoms with Gasteiger partial charge in [0.05, 0.1) is 11.9 Å². The Labute approximate surface area is 150 Å². The van der Waals surface area contributed by atoms with E-state index in [0.717, 1.165) is 33.8 Å². The number of hydrogen-bond donors (Lipinski definition) is 1. The standard InChI is InChI=1S/C19H16ClN5/c1-13-10-23-25-18(22-12-14-5-4-8-21-11-14)9-17(24-19(13)25)15-6-2-3-7-16(15)20/h2-11,22H,12H2,1H3. The number of pyridine rings is 1. The van der Waals surface area contributed by atoms with Crippen molar-refractivity contribution in [3.63, 3.8) is 0 Å². The van der Waals surface area contributed by atoms with E-state index in [1.54, 1.807) is 6.20 Å². The molecule has 0 saturated carbocycles. The van der Waals surface area contributed by atoms with Crippen molar-refractivity contribution in [3.05, 3.63) is 77.2 Å². The smallest absolute Gasteiger partial charge is 0.160 e. The maximum atomic E-state index is 6.36. The second-order valence-corrected chi connectivity index (χ2v) is 6.19. The van der Waals surface area contributed by atoms with Gasteiger partial charge in [-0.15, -0.1) is 0 Å².